The van der Waals surface area contributed by atoms with Gasteiger partial charge in [0, 0.05) is 17.4 Å². The van der Waals surface area contributed by atoms with Gasteiger partial charge in [0.2, 0.25) is 0 Å². The maximum absolute atomic E-state index is 6.13. The standard InChI is InChI=1S/C8H16Cl2O/c1-7(2,6(9)11-5)8(3,4)10/h6H,1-5H3. The summed E-state index contributed by atoms with van der Waals surface area (Å²) in [5, 5.41) is 0. The Hall–Kier alpha value is 0.540. The predicted molar refractivity (Wildman–Crippen MR) is 50.4 cm³/mol. The summed E-state index contributed by atoms with van der Waals surface area (Å²) in [6.07, 6.45) is 0. The Morgan fingerprint density at radius 3 is 1.64 bits per heavy atom. The third kappa shape index (κ3) is 2.50. The number of alkyl halides is 2. The minimum atomic E-state index is -0.366. The molecule has 0 rings (SSSR count). The van der Waals surface area contributed by atoms with Gasteiger partial charge >= 0.3 is 0 Å². The van der Waals surface area contributed by atoms with E-state index < -0.39 is 0 Å². The summed E-state index contributed by atoms with van der Waals surface area (Å²) in [7, 11) is 1.59. The minimum Gasteiger partial charge on any atom is -0.365 e. The molecule has 0 aromatic heterocycles. The van der Waals surface area contributed by atoms with Gasteiger partial charge in [-0.05, 0) is 13.8 Å². The molecule has 0 bridgehead atoms. The molecular weight excluding hydrogens is 183 g/mol. The Kier molecular flexibility index (Phi) is 3.68. The van der Waals surface area contributed by atoms with Crippen molar-refractivity contribution < 1.29 is 4.74 Å². The predicted octanol–water partition coefficient (Wildman–Crippen LogP) is 3.24. The van der Waals surface area contributed by atoms with Gasteiger partial charge in [0.05, 0.1) is 0 Å². The van der Waals surface area contributed by atoms with Crippen LogP contribution >= 0.6 is 23.2 Å². The first kappa shape index (κ1) is 11.5. The van der Waals surface area contributed by atoms with Gasteiger partial charge in [-0.1, -0.05) is 25.4 Å². The van der Waals surface area contributed by atoms with Crippen molar-refractivity contribution in [3.05, 3.63) is 0 Å². The van der Waals surface area contributed by atoms with Crippen molar-refractivity contribution in [1.29, 1.82) is 0 Å². The number of halogens is 2. The normalized spacial score (nSPS) is 16.6. The Bertz CT molecular complexity index is 127. The topological polar surface area (TPSA) is 9.23 Å². The second kappa shape index (κ2) is 3.51. The van der Waals surface area contributed by atoms with Crippen LogP contribution < -0.4 is 0 Å². The molecule has 0 saturated carbocycles. The first-order chi connectivity index (χ1) is 4.73. The molecule has 0 saturated heterocycles. The van der Waals surface area contributed by atoms with E-state index in [9.17, 15) is 0 Å². The average Bonchev–Trinajstić information content (AvgIpc) is 1.83. The van der Waals surface area contributed by atoms with E-state index in [1.165, 1.54) is 0 Å². The molecule has 0 amide bonds. The van der Waals surface area contributed by atoms with Crippen LogP contribution in [0.5, 0.6) is 0 Å². The van der Waals surface area contributed by atoms with Crippen LogP contribution in [0.15, 0.2) is 0 Å². The number of methoxy groups -OCH3 is 1. The fourth-order valence-corrected chi connectivity index (χ4v) is 0.992. The van der Waals surface area contributed by atoms with E-state index in [2.05, 4.69) is 0 Å². The molecule has 11 heavy (non-hydrogen) atoms. The van der Waals surface area contributed by atoms with Gasteiger partial charge in [-0.2, -0.15) is 0 Å². The summed E-state index contributed by atoms with van der Waals surface area (Å²) in [6, 6.07) is 0. The summed E-state index contributed by atoms with van der Waals surface area (Å²) < 4.78 is 5.02. The smallest absolute Gasteiger partial charge is 0.137 e. The monoisotopic (exact) mass is 198 g/mol. The van der Waals surface area contributed by atoms with Crippen molar-refractivity contribution in [3.8, 4) is 0 Å². The second-order valence-corrected chi connectivity index (χ2v) is 5.09. The molecule has 0 aromatic rings. The quantitative estimate of drug-likeness (QED) is 0.634. The van der Waals surface area contributed by atoms with Crippen molar-refractivity contribution in [2.24, 2.45) is 5.41 Å². The highest BCUT2D eigenvalue weighted by Crippen LogP contribution is 2.41. The zero-order valence-electron chi connectivity index (χ0n) is 7.74. The maximum Gasteiger partial charge on any atom is 0.137 e. The molecule has 0 aliphatic heterocycles. The largest absolute Gasteiger partial charge is 0.365 e. The summed E-state index contributed by atoms with van der Waals surface area (Å²) in [6.45, 7) is 7.84. The van der Waals surface area contributed by atoms with E-state index in [1.807, 2.05) is 27.7 Å². The lowest BCUT2D eigenvalue weighted by molar-refractivity contribution is 0.0476. The highest BCUT2D eigenvalue weighted by atomic mass is 35.5. The van der Waals surface area contributed by atoms with Crippen LogP contribution in [-0.2, 0) is 4.74 Å². The summed E-state index contributed by atoms with van der Waals surface area (Å²) in [5.41, 5.74) is -0.597. The van der Waals surface area contributed by atoms with Crippen molar-refractivity contribution in [2.75, 3.05) is 7.11 Å². The molecule has 0 radical (unpaired) electrons. The summed E-state index contributed by atoms with van der Waals surface area (Å²) in [4.78, 5) is -0.366. The van der Waals surface area contributed by atoms with Crippen LogP contribution in [0, 0.1) is 5.41 Å². The molecule has 0 N–H and O–H groups in total. The number of hydrogen-bond acceptors (Lipinski definition) is 1. The average molecular weight is 199 g/mol. The summed E-state index contributed by atoms with van der Waals surface area (Å²) >= 11 is 12.1. The van der Waals surface area contributed by atoms with Crippen molar-refractivity contribution >= 4 is 23.2 Å². The van der Waals surface area contributed by atoms with Crippen molar-refractivity contribution in [1.82, 2.24) is 0 Å². The Morgan fingerprint density at radius 2 is 1.55 bits per heavy atom. The molecule has 0 aromatic carbocycles. The molecule has 1 atom stereocenters. The van der Waals surface area contributed by atoms with Gasteiger partial charge in [-0.3, -0.25) is 0 Å². The van der Waals surface area contributed by atoms with E-state index in [4.69, 9.17) is 27.9 Å². The maximum atomic E-state index is 6.13. The van der Waals surface area contributed by atoms with Crippen LogP contribution in [0.3, 0.4) is 0 Å². The van der Waals surface area contributed by atoms with E-state index in [1.54, 1.807) is 7.11 Å². The molecule has 1 nitrogen and oxygen atoms in total. The van der Waals surface area contributed by atoms with Crippen molar-refractivity contribution in [3.63, 3.8) is 0 Å². The van der Waals surface area contributed by atoms with Crippen LogP contribution in [0.4, 0.5) is 0 Å². The minimum absolute atomic E-state index is 0.245. The third-order valence-corrected chi connectivity index (χ3v) is 3.52. The zero-order valence-corrected chi connectivity index (χ0v) is 9.25. The first-order valence-electron chi connectivity index (χ1n) is 3.59. The molecule has 1 unspecified atom stereocenters. The molecule has 0 aliphatic rings. The lowest BCUT2D eigenvalue weighted by atomic mass is 9.81. The van der Waals surface area contributed by atoms with Crippen molar-refractivity contribution in [2.45, 2.75) is 38.1 Å². The zero-order chi connectivity index (χ0) is 9.28. The summed E-state index contributed by atoms with van der Waals surface area (Å²) in [5.74, 6) is 0. The van der Waals surface area contributed by atoms with Gasteiger partial charge in [-0.25, -0.2) is 0 Å². The number of ether oxygens (including phenoxy) is 1. The van der Waals surface area contributed by atoms with E-state index in [0.717, 1.165) is 0 Å². The van der Waals surface area contributed by atoms with Gasteiger partial charge in [-0.15, -0.1) is 11.6 Å². The first-order valence-corrected chi connectivity index (χ1v) is 4.40. The van der Waals surface area contributed by atoms with E-state index >= 15 is 0 Å². The molecule has 0 heterocycles. The molecule has 0 fully saturated rings. The number of hydrogen-bond donors (Lipinski definition) is 0. The Balaban J connectivity index is 4.45. The fourth-order valence-electron chi connectivity index (χ4n) is 0.564. The highest BCUT2D eigenvalue weighted by molar-refractivity contribution is 6.26. The fraction of sp³-hybridized carbons (Fsp3) is 1.00. The molecule has 0 spiro atoms. The molecule has 3 heteroatoms. The number of rotatable bonds is 3. The van der Waals surface area contributed by atoms with Crippen LogP contribution in [0.1, 0.15) is 27.7 Å². The lowest BCUT2D eigenvalue weighted by Crippen LogP contribution is -2.42. The lowest BCUT2D eigenvalue weighted by Gasteiger charge is -2.39. The van der Waals surface area contributed by atoms with Gasteiger partial charge in [0.1, 0.15) is 5.56 Å². The highest BCUT2D eigenvalue weighted by Gasteiger charge is 2.41. The van der Waals surface area contributed by atoms with Gasteiger partial charge < -0.3 is 4.74 Å². The Morgan fingerprint density at radius 1 is 1.18 bits per heavy atom. The SMILES string of the molecule is COC(Cl)C(C)(C)C(C)(C)Cl. The van der Waals surface area contributed by atoms with Crippen LogP contribution in [-0.4, -0.2) is 17.5 Å². The third-order valence-electron chi connectivity index (χ3n) is 2.31. The molecule has 0 aliphatic carbocycles. The van der Waals surface area contributed by atoms with Crippen LogP contribution in [0.25, 0.3) is 0 Å². The van der Waals surface area contributed by atoms with E-state index in [-0.39, 0.29) is 15.9 Å². The van der Waals surface area contributed by atoms with Gasteiger partial charge in [0.15, 0.2) is 0 Å². The van der Waals surface area contributed by atoms with E-state index in [0.29, 0.717) is 0 Å². The van der Waals surface area contributed by atoms with Crippen LogP contribution in [0.2, 0.25) is 0 Å². The molecular formula is C8H16Cl2O. The molecule has 68 valence electrons. The van der Waals surface area contributed by atoms with Gasteiger partial charge in [0.25, 0.3) is 0 Å². The Labute approximate surface area is 79.0 Å². The second-order valence-electron chi connectivity index (χ2n) is 3.75.